The molecule has 22 heavy (non-hydrogen) atoms. The lowest BCUT2D eigenvalue weighted by Gasteiger charge is -2.11. The molecule has 1 aromatic carbocycles. The van der Waals surface area contributed by atoms with Gasteiger partial charge in [0.05, 0.1) is 11.0 Å². The predicted molar refractivity (Wildman–Crippen MR) is 83.2 cm³/mol. The van der Waals surface area contributed by atoms with Crippen LogP contribution in [0.1, 0.15) is 36.5 Å². The topological polar surface area (TPSA) is 84.5 Å². The van der Waals surface area contributed by atoms with Gasteiger partial charge in [-0.05, 0) is 37.5 Å². The number of hydrogen-bond donors (Lipinski definition) is 2. The zero-order valence-corrected chi connectivity index (χ0v) is 13.5. The second kappa shape index (κ2) is 7.71. The van der Waals surface area contributed by atoms with E-state index in [0.717, 1.165) is 19.4 Å². The van der Waals surface area contributed by atoms with E-state index in [1.54, 1.807) is 12.1 Å². The summed E-state index contributed by atoms with van der Waals surface area (Å²) in [7, 11) is -3.56. The Morgan fingerprint density at radius 3 is 2.91 bits per heavy atom. The minimum atomic E-state index is -3.56. The smallest absolute Gasteiger partial charge is 0.251 e. The molecular weight excluding hydrogens is 304 g/mol. The fourth-order valence-corrected chi connectivity index (χ4v) is 3.42. The Bertz CT molecular complexity index is 610. The first-order valence-corrected chi connectivity index (χ1v) is 9.01. The highest BCUT2D eigenvalue weighted by Gasteiger charge is 2.18. The molecule has 1 atom stereocenters. The molecule has 0 aromatic heterocycles. The molecule has 0 bridgehead atoms. The van der Waals surface area contributed by atoms with E-state index in [4.69, 9.17) is 4.74 Å². The van der Waals surface area contributed by atoms with Crippen molar-refractivity contribution in [3.05, 3.63) is 29.8 Å². The summed E-state index contributed by atoms with van der Waals surface area (Å²) in [5, 5.41) is 2.78. The van der Waals surface area contributed by atoms with E-state index in [1.165, 1.54) is 12.1 Å². The molecule has 1 amide bonds. The number of benzene rings is 1. The monoisotopic (exact) mass is 326 g/mol. The fourth-order valence-electron chi connectivity index (χ4n) is 2.24. The van der Waals surface area contributed by atoms with E-state index in [2.05, 4.69) is 10.0 Å². The number of carbonyl (C=O) groups is 1. The molecule has 1 aromatic rings. The third-order valence-corrected chi connectivity index (χ3v) is 4.92. The molecule has 1 heterocycles. The van der Waals surface area contributed by atoms with Crippen LogP contribution >= 0.6 is 0 Å². The molecule has 2 rings (SSSR count). The summed E-state index contributed by atoms with van der Waals surface area (Å²) >= 11 is 0. The number of ether oxygens (including phenoxy) is 1. The van der Waals surface area contributed by atoms with E-state index < -0.39 is 10.0 Å². The molecule has 0 aliphatic carbocycles. The first kappa shape index (κ1) is 16.9. The van der Waals surface area contributed by atoms with Crippen molar-refractivity contribution in [2.75, 3.05) is 19.7 Å². The summed E-state index contributed by atoms with van der Waals surface area (Å²) in [5.74, 6) is -0.289. The van der Waals surface area contributed by atoms with Crippen LogP contribution in [0.25, 0.3) is 0 Å². The van der Waals surface area contributed by atoms with Gasteiger partial charge in [0, 0.05) is 25.3 Å². The lowest BCUT2D eigenvalue weighted by atomic mass is 10.2. The third-order valence-electron chi connectivity index (χ3n) is 3.46. The van der Waals surface area contributed by atoms with Gasteiger partial charge in [-0.2, -0.15) is 0 Å². The van der Waals surface area contributed by atoms with Gasteiger partial charge in [-0.15, -0.1) is 0 Å². The average Bonchev–Trinajstić information content (AvgIpc) is 3.04. The Kier molecular flexibility index (Phi) is 5.93. The highest BCUT2D eigenvalue weighted by molar-refractivity contribution is 7.89. The molecule has 1 aliphatic rings. The van der Waals surface area contributed by atoms with Crippen molar-refractivity contribution in [2.45, 2.75) is 37.2 Å². The summed E-state index contributed by atoms with van der Waals surface area (Å²) in [6, 6.07) is 6.04. The average molecular weight is 326 g/mol. The van der Waals surface area contributed by atoms with Crippen molar-refractivity contribution in [1.82, 2.24) is 10.0 Å². The van der Waals surface area contributed by atoms with Crippen LogP contribution in [0, 0.1) is 0 Å². The lowest BCUT2D eigenvalue weighted by Crippen LogP contribution is -2.32. The van der Waals surface area contributed by atoms with Gasteiger partial charge >= 0.3 is 0 Å². The molecule has 0 spiro atoms. The van der Waals surface area contributed by atoms with Gasteiger partial charge in [0.1, 0.15) is 0 Å². The van der Waals surface area contributed by atoms with Gasteiger partial charge in [-0.1, -0.05) is 13.0 Å². The van der Waals surface area contributed by atoms with Gasteiger partial charge in [0.2, 0.25) is 10.0 Å². The largest absolute Gasteiger partial charge is 0.376 e. The first-order valence-electron chi connectivity index (χ1n) is 7.52. The van der Waals surface area contributed by atoms with E-state index >= 15 is 0 Å². The predicted octanol–water partition coefficient (Wildman–Crippen LogP) is 1.28. The lowest BCUT2D eigenvalue weighted by molar-refractivity contribution is 0.0857. The van der Waals surface area contributed by atoms with Crippen LogP contribution in [0.2, 0.25) is 0 Å². The molecule has 122 valence electrons. The van der Waals surface area contributed by atoms with Crippen LogP contribution in [0.3, 0.4) is 0 Å². The van der Waals surface area contributed by atoms with E-state index in [1.807, 2.05) is 6.92 Å². The number of sulfonamides is 1. The van der Waals surface area contributed by atoms with E-state index in [-0.39, 0.29) is 16.9 Å². The van der Waals surface area contributed by atoms with Gasteiger partial charge in [0.15, 0.2) is 0 Å². The van der Waals surface area contributed by atoms with Crippen LogP contribution < -0.4 is 10.0 Å². The maximum absolute atomic E-state index is 12.1. The molecule has 0 saturated carbocycles. The van der Waals surface area contributed by atoms with Crippen molar-refractivity contribution in [1.29, 1.82) is 0 Å². The SMILES string of the molecule is CCCNS(=O)(=O)c1cccc(C(=O)NCC2CCCO2)c1. The van der Waals surface area contributed by atoms with Crippen molar-refractivity contribution >= 4 is 15.9 Å². The maximum atomic E-state index is 12.1. The van der Waals surface area contributed by atoms with Crippen molar-refractivity contribution in [3.8, 4) is 0 Å². The Morgan fingerprint density at radius 1 is 1.41 bits per heavy atom. The Morgan fingerprint density at radius 2 is 2.23 bits per heavy atom. The summed E-state index contributed by atoms with van der Waals surface area (Å²) in [5.41, 5.74) is 0.331. The molecule has 1 fully saturated rings. The molecule has 7 heteroatoms. The highest BCUT2D eigenvalue weighted by Crippen LogP contribution is 2.13. The maximum Gasteiger partial charge on any atom is 0.251 e. The molecule has 2 N–H and O–H groups in total. The minimum absolute atomic E-state index is 0.0575. The minimum Gasteiger partial charge on any atom is -0.376 e. The van der Waals surface area contributed by atoms with Crippen molar-refractivity contribution in [2.24, 2.45) is 0 Å². The van der Waals surface area contributed by atoms with Gasteiger partial charge in [0.25, 0.3) is 5.91 Å². The molecular formula is C15H22N2O4S. The number of carbonyl (C=O) groups excluding carboxylic acids is 1. The summed E-state index contributed by atoms with van der Waals surface area (Å²) in [4.78, 5) is 12.2. The Labute approximate surface area is 131 Å². The fraction of sp³-hybridized carbons (Fsp3) is 0.533. The number of amides is 1. The van der Waals surface area contributed by atoms with Crippen LogP contribution in [-0.2, 0) is 14.8 Å². The van der Waals surface area contributed by atoms with E-state index in [9.17, 15) is 13.2 Å². The molecule has 1 aliphatic heterocycles. The second-order valence-corrected chi connectivity index (χ2v) is 7.04. The molecule has 1 unspecified atom stereocenters. The van der Waals surface area contributed by atoms with Gasteiger partial charge in [-0.3, -0.25) is 4.79 Å². The summed E-state index contributed by atoms with van der Waals surface area (Å²) in [6.45, 7) is 3.44. The Balaban J connectivity index is 2.02. The second-order valence-electron chi connectivity index (χ2n) is 5.27. The zero-order valence-electron chi connectivity index (χ0n) is 12.7. The number of hydrogen-bond acceptors (Lipinski definition) is 4. The van der Waals surface area contributed by atoms with Crippen LogP contribution in [0.5, 0.6) is 0 Å². The molecule has 0 radical (unpaired) electrons. The van der Waals surface area contributed by atoms with Crippen LogP contribution in [0.4, 0.5) is 0 Å². The Hall–Kier alpha value is -1.44. The first-order chi connectivity index (χ1) is 10.5. The molecule has 6 nitrogen and oxygen atoms in total. The number of rotatable bonds is 7. The molecule has 1 saturated heterocycles. The van der Waals surface area contributed by atoms with Gasteiger partial charge in [-0.25, -0.2) is 13.1 Å². The summed E-state index contributed by atoms with van der Waals surface area (Å²) < 4.78 is 32.1. The highest BCUT2D eigenvalue weighted by atomic mass is 32.2. The summed E-state index contributed by atoms with van der Waals surface area (Å²) in [6.07, 6.45) is 2.72. The quantitative estimate of drug-likeness (QED) is 0.790. The standard InChI is InChI=1S/C15H22N2O4S/c1-2-8-17-22(19,20)14-7-3-5-12(10-14)15(18)16-11-13-6-4-9-21-13/h3,5,7,10,13,17H,2,4,6,8-9,11H2,1H3,(H,16,18). The number of nitrogens with one attached hydrogen (secondary N) is 2. The van der Waals surface area contributed by atoms with Crippen LogP contribution in [-0.4, -0.2) is 40.1 Å². The third kappa shape index (κ3) is 4.53. The van der Waals surface area contributed by atoms with Gasteiger partial charge < -0.3 is 10.1 Å². The zero-order chi connectivity index (χ0) is 16.0. The normalized spacial score (nSPS) is 18.3. The van der Waals surface area contributed by atoms with Crippen molar-refractivity contribution in [3.63, 3.8) is 0 Å². The van der Waals surface area contributed by atoms with Crippen molar-refractivity contribution < 1.29 is 17.9 Å². The van der Waals surface area contributed by atoms with E-state index in [0.29, 0.717) is 25.1 Å². The van der Waals surface area contributed by atoms with Crippen LogP contribution in [0.15, 0.2) is 29.2 Å².